The first-order valence-electron chi connectivity index (χ1n) is 10.1. The lowest BCUT2D eigenvalue weighted by Crippen LogP contribution is -2.41. The van der Waals surface area contributed by atoms with Gasteiger partial charge in [0, 0.05) is 25.3 Å². The molecule has 3 aromatic rings. The van der Waals surface area contributed by atoms with Gasteiger partial charge in [0.1, 0.15) is 27.8 Å². The number of Topliss-reactive ketones (excluding diaryl/α,β-unsaturated/α-hetero) is 1. The Morgan fingerprint density at radius 3 is 1.64 bits per heavy atom. The summed E-state index contributed by atoms with van der Waals surface area (Å²) in [5.74, 6) is -13.6. The molecule has 0 aliphatic carbocycles. The highest BCUT2D eigenvalue weighted by Gasteiger charge is 2.38. The smallest absolute Gasteiger partial charge is 0.445 e. The van der Waals surface area contributed by atoms with Gasteiger partial charge in [-0.2, -0.15) is 0 Å². The predicted molar refractivity (Wildman–Crippen MR) is 124 cm³/mol. The first-order chi connectivity index (χ1) is 16.6. The molecule has 1 atom stereocenters. The maximum Gasteiger partial charge on any atom is 0.515 e. The van der Waals surface area contributed by atoms with Crippen LogP contribution >= 0.6 is 0 Å². The van der Waals surface area contributed by atoms with E-state index in [0.29, 0.717) is 5.56 Å². The van der Waals surface area contributed by atoms with Crippen molar-refractivity contribution in [1.29, 1.82) is 0 Å². The number of halogens is 8. The maximum atomic E-state index is 12.7. The fourth-order valence-corrected chi connectivity index (χ4v) is 4.55. The van der Waals surface area contributed by atoms with Gasteiger partial charge in [-0.1, -0.05) is 22.4 Å². The molecular weight excluding hydrogens is 517 g/mol. The second kappa shape index (κ2) is 11.2. The van der Waals surface area contributed by atoms with Crippen LogP contribution in [-0.4, -0.2) is 38.9 Å². The average Bonchev–Trinajstić information content (AvgIpc) is 2.81. The Hall–Kier alpha value is -3.22. The SMILES string of the molecule is CN(C)c1ccc(C(=O)C[S+](C)(=O)c2ccccc2)cc1.Fc1c(F)c(F)c([B-](F)(F)F)c(F)c1F. The standard InChI is InChI=1S/C17H20NO2S.C6BF8/c1-18(2)15-11-9-14(10-12-15)17(19)13-21(3,20)16-7-5-4-6-8-16;8-2-1(7(13,14)15)3(9)5(11)6(12)4(2)10/h4-12H,13H2,1-3H3;/q+1;-1. The van der Waals surface area contributed by atoms with E-state index < -0.39 is 51.5 Å². The fraction of sp³-hybridized carbons (Fsp3) is 0.174. The van der Waals surface area contributed by atoms with E-state index in [1.165, 1.54) is 0 Å². The van der Waals surface area contributed by atoms with Crippen LogP contribution in [0.4, 0.5) is 40.6 Å². The number of ketones is 1. The summed E-state index contributed by atoms with van der Waals surface area (Å²) < 4.78 is 110. The number of carbonyl (C=O) groups excluding carboxylic acids is 1. The van der Waals surface area contributed by atoms with E-state index in [1.807, 2.05) is 61.5 Å². The highest BCUT2D eigenvalue weighted by Crippen LogP contribution is 2.22. The second-order valence-corrected chi connectivity index (χ2v) is 10.7. The Balaban J connectivity index is 0.000000269. The zero-order valence-corrected chi connectivity index (χ0v) is 20.0. The van der Waals surface area contributed by atoms with Gasteiger partial charge in [-0.3, -0.25) is 4.79 Å². The molecule has 0 saturated heterocycles. The molecule has 13 heteroatoms. The van der Waals surface area contributed by atoms with Gasteiger partial charge in [0.05, 0.1) is 0 Å². The van der Waals surface area contributed by atoms with E-state index >= 15 is 0 Å². The summed E-state index contributed by atoms with van der Waals surface area (Å²) in [5, 5.41) is 0. The molecule has 0 amide bonds. The molecular formula is C23H20BF8NO2S. The molecule has 194 valence electrons. The fourth-order valence-electron chi connectivity index (χ4n) is 2.98. The third-order valence-corrected chi connectivity index (χ3v) is 7.01. The predicted octanol–water partition coefficient (Wildman–Crippen LogP) is 5.56. The molecule has 0 spiro atoms. The molecule has 0 saturated carbocycles. The summed E-state index contributed by atoms with van der Waals surface area (Å²) >= 11 is 0. The zero-order chi connectivity index (χ0) is 27.4. The third kappa shape index (κ3) is 6.71. The van der Waals surface area contributed by atoms with E-state index in [-0.39, 0.29) is 11.5 Å². The molecule has 0 aromatic heterocycles. The van der Waals surface area contributed by atoms with Gasteiger partial charge in [0.15, 0.2) is 28.1 Å². The van der Waals surface area contributed by atoms with Crippen molar-refractivity contribution in [3.05, 3.63) is 89.2 Å². The number of rotatable bonds is 6. The van der Waals surface area contributed by atoms with Gasteiger partial charge in [-0.05, 0) is 41.9 Å². The molecule has 0 radical (unpaired) electrons. The Morgan fingerprint density at radius 1 is 0.778 bits per heavy atom. The molecule has 3 rings (SSSR count). The van der Waals surface area contributed by atoms with E-state index in [2.05, 4.69) is 0 Å². The monoisotopic (exact) mass is 537 g/mol. The summed E-state index contributed by atoms with van der Waals surface area (Å²) in [4.78, 5) is 15.0. The Bertz CT molecular complexity index is 1250. The highest BCUT2D eigenvalue weighted by atomic mass is 32.2. The Morgan fingerprint density at radius 2 is 1.22 bits per heavy atom. The van der Waals surface area contributed by atoms with Gasteiger partial charge in [0.25, 0.3) is 0 Å². The molecule has 0 fully saturated rings. The summed E-state index contributed by atoms with van der Waals surface area (Å²) in [6.07, 6.45) is 1.65. The van der Waals surface area contributed by atoms with Crippen LogP contribution in [0.1, 0.15) is 10.4 Å². The van der Waals surface area contributed by atoms with Crippen molar-refractivity contribution in [2.45, 2.75) is 4.90 Å². The van der Waals surface area contributed by atoms with Crippen LogP contribution in [0.15, 0.2) is 59.5 Å². The lowest BCUT2D eigenvalue weighted by atomic mass is 9.79. The highest BCUT2D eigenvalue weighted by molar-refractivity contribution is 8.03. The van der Waals surface area contributed by atoms with Crippen molar-refractivity contribution in [3.8, 4) is 0 Å². The molecule has 0 aliphatic rings. The summed E-state index contributed by atoms with van der Waals surface area (Å²) in [6.45, 7) is -6.30. The minimum absolute atomic E-state index is 0.0400. The Labute approximate surface area is 203 Å². The van der Waals surface area contributed by atoms with Crippen molar-refractivity contribution in [1.82, 2.24) is 0 Å². The third-order valence-electron chi connectivity index (χ3n) is 4.93. The van der Waals surface area contributed by atoms with Crippen molar-refractivity contribution in [2.24, 2.45) is 0 Å². The van der Waals surface area contributed by atoms with Crippen LogP contribution in [-0.2, 0) is 14.1 Å². The van der Waals surface area contributed by atoms with Crippen LogP contribution in [0.2, 0.25) is 0 Å². The van der Waals surface area contributed by atoms with Crippen molar-refractivity contribution >= 4 is 33.8 Å². The van der Waals surface area contributed by atoms with Crippen LogP contribution in [0, 0.1) is 29.1 Å². The molecule has 0 heterocycles. The van der Waals surface area contributed by atoms with E-state index in [4.69, 9.17) is 0 Å². The van der Waals surface area contributed by atoms with Gasteiger partial charge in [-0.25, -0.2) is 22.0 Å². The molecule has 3 aromatic carbocycles. The van der Waals surface area contributed by atoms with Crippen LogP contribution in [0.25, 0.3) is 0 Å². The van der Waals surface area contributed by atoms with Crippen LogP contribution < -0.4 is 10.4 Å². The number of nitrogens with zero attached hydrogens (tertiary/aromatic N) is 1. The second-order valence-electron chi connectivity index (χ2n) is 7.89. The van der Waals surface area contributed by atoms with E-state index in [1.54, 1.807) is 18.4 Å². The number of hydrogen-bond acceptors (Lipinski definition) is 3. The molecule has 0 aliphatic heterocycles. The maximum absolute atomic E-state index is 12.7. The molecule has 0 bridgehead atoms. The number of benzene rings is 3. The average molecular weight is 537 g/mol. The van der Waals surface area contributed by atoms with E-state index in [0.717, 1.165) is 10.6 Å². The molecule has 0 N–H and O–H groups in total. The largest absolute Gasteiger partial charge is 0.515 e. The molecule has 36 heavy (non-hydrogen) atoms. The molecule has 1 unspecified atom stereocenters. The summed E-state index contributed by atoms with van der Waals surface area (Å²) in [5.41, 5.74) is -1.09. The topological polar surface area (TPSA) is 37.4 Å². The minimum Gasteiger partial charge on any atom is -0.445 e. The number of carbonyl (C=O) groups is 1. The van der Waals surface area contributed by atoms with Gasteiger partial charge >= 0.3 is 6.98 Å². The van der Waals surface area contributed by atoms with Gasteiger partial charge < -0.3 is 17.8 Å². The minimum atomic E-state index is -6.30. The van der Waals surface area contributed by atoms with Crippen molar-refractivity contribution in [2.75, 3.05) is 31.0 Å². The van der Waals surface area contributed by atoms with Crippen molar-refractivity contribution < 1.29 is 43.9 Å². The van der Waals surface area contributed by atoms with Crippen molar-refractivity contribution in [3.63, 3.8) is 0 Å². The summed E-state index contributed by atoms with van der Waals surface area (Å²) in [6, 6.07) is 16.6. The lowest BCUT2D eigenvalue weighted by molar-refractivity contribution is 0.102. The van der Waals surface area contributed by atoms with Crippen LogP contribution in [0.5, 0.6) is 0 Å². The first kappa shape index (κ1) is 29.0. The first-order valence-corrected chi connectivity index (χ1v) is 12.2. The van der Waals surface area contributed by atoms with Crippen LogP contribution in [0.3, 0.4) is 0 Å². The van der Waals surface area contributed by atoms with Gasteiger partial charge in [-0.15, -0.1) is 0 Å². The Kier molecular flexibility index (Phi) is 9.05. The zero-order valence-electron chi connectivity index (χ0n) is 19.2. The number of anilines is 1. The van der Waals surface area contributed by atoms with E-state index in [9.17, 15) is 43.9 Å². The molecule has 3 nitrogen and oxygen atoms in total. The summed E-state index contributed by atoms with van der Waals surface area (Å²) in [7, 11) is 1.55. The lowest BCUT2D eigenvalue weighted by Gasteiger charge is -2.17. The normalized spacial score (nSPS) is 12.9. The quantitative estimate of drug-likeness (QED) is 0.103. The van der Waals surface area contributed by atoms with Gasteiger partial charge in [0.2, 0.25) is 5.78 Å². The number of hydrogen-bond donors (Lipinski definition) is 0.